The fraction of sp³-hybridized carbons (Fsp3) is 0.333. The predicted octanol–water partition coefficient (Wildman–Crippen LogP) is 7.96. The van der Waals surface area contributed by atoms with Crippen LogP contribution in [0.4, 0.5) is 5.69 Å². The van der Waals surface area contributed by atoms with Crippen LogP contribution in [0, 0.1) is 0 Å². The highest BCUT2D eigenvalue weighted by atomic mass is 35.5. The van der Waals surface area contributed by atoms with Crippen LogP contribution in [0.25, 0.3) is 0 Å². The van der Waals surface area contributed by atoms with Crippen LogP contribution in [0.5, 0.6) is 11.5 Å². The van der Waals surface area contributed by atoms with E-state index in [0.717, 1.165) is 18.5 Å². The lowest BCUT2D eigenvalue weighted by Crippen LogP contribution is -2.32. The number of anilines is 1. The Balaban J connectivity index is 1.77. The standard InChI is InChI=1S/C30H31Cl4NO6/c1-5-18-7-8-20(17-19(18)6-2)35(13-15-40-29(36)25-21(31)9-11-23(33)27(25)38-3)14-16-41-30(37)26-22(32)10-12-24(34)28(26)39-4/h7-12,17H,5-6,13-16H2,1-4H3. The molecule has 0 spiro atoms. The topological polar surface area (TPSA) is 74.3 Å². The molecular formula is C30H31Cl4NO6. The molecule has 0 fully saturated rings. The number of aryl methyl sites for hydroxylation is 2. The van der Waals surface area contributed by atoms with E-state index in [1.54, 1.807) is 12.1 Å². The molecule has 0 aromatic heterocycles. The van der Waals surface area contributed by atoms with Crippen molar-refractivity contribution in [1.29, 1.82) is 0 Å². The second kappa shape index (κ2) is 15.4. The van der Waals surface area contributed by atoms with Crippen LogP contribution >= 0.6 is 46.4 Å². The molecule has 0 aliphatic carbocycles. The molecule has 7 nitrogen and oxygen atoms in total. The van der Waals surface area contributed by atoms with E-state index in [9.17, 15) is 9.59 Å². The lowest BCUT2D eigenvalue weighted by atomic mass is 10.0. The smallest absolute Gasteiger partial charge is 0.343 e. The van der Waals surface area contributed by atoms with E-state index in [1.165, 1.54) is 37.5 Å². The molecule has 0 atom stereocenters. The zero-order chi connectivity index (χ0) is 30.1. The third-order valence-electron chi connectivity index (χ3n) is 6.44. The highest BCUT2D eigenvalue weighted by Crippen LogP contribution is 2.35. The van der Waals surface area contributed by atoms with E-state index >= 15 is 0 Å². The summed E-state index contributed by atoms with van der Waals surface area (Å²) in [6.45, 7) is 4.85. The van der Waals surface area contributed by atoms with Crippen LogP contribution < -0.4 is 14.4 Å². The van der Waals surface area contributed by atoms with Gasteiger partial charge in [-0.25, -0.2) is 9.59 Å². The quantitative estimate of drug-likeness (QED) is 0.175. The predicted molar refractivity (Wildman–Crippen MR) is 164 cm³/mol. The summed E-state index contributed by atoms with van der Waals surface area (Å²) in [6.07, 6.45) is 1.76. The molecule has 3 aromatic rings. The first-order chi connectivity index (χ1) is 19.7. The summed E-state index contributed by atoms with van der Waals surface area (Å²) in [6, 6.07) is 12.3. The van der Waals surface area contributed by atoms with Gasteiger partial charge >= 0.3 is 11.9 Å². The summed E-state index contributed by atoms with van der Waals surface area (Å²) in [5, 5.41) is 0.814. The number of benzene rings is 3. The van der Waals surface area contributed by atoms with Crippen molar-refractivity contribution in [3.63, 3.8) is 0 Å². The maximum absolute atomic E-state index is 12.9. The maximum Gasteiger partial charge on any atom is 0.343 e. The van der Waals surface area contributed by atoms with Crippen LogP contribution in [0.3, 0.4) is 0 Å². The van der Waals surface area contributed by atoms with Gasteiger partial charge in [0, 0.05) is 5.69 Å². The maximum atomic E-state index is 12.9. The van der Waals surface area contributed by atoms with Crippen molar-refractivity contribution >= 4 is 64.0 Å². The van der Waals surface area contributed by atoms with Crippen molar-refractivity contribution in [2.75, 3.05) is 45.4 Å². The fourth-order valence-electron chi connectivity index (χ4n) is 4.34. The lowest BCUT2D eigenvalue weighted by molar-refractivity contribution is 0.0501. The summed E-state index contributed by atoms with van der Waals surface area (Å²) in [7, 11) is 2.80. The molecule has 0 saturated heterocycles. The number of rotatable bonds is 13. The Labute approximate surface area is 260 Å². The molecule has 0 amide bonds. The van der Waals surface area contributed by atoms with Gasteiger partial charge in [-0.05, 0) is 60.4 Å². The van der Waals surface area contributed by atoms with Gasteiger partial charge in [0.05, 0.1) is 47.4 Å². The van der Waals surface area contributed by atoms with Crippen molar-refractivity contribution in [2.24, 2.45) is 0 Å². The van der Waals surface area contributed by atoms with Gasteiger partial charge < -0.3 is 23.8 Å². The second-order valence-corrected chi connectivity index (χ2v) is 10.4. The number of esters is 2. The van der Waals surface area contributed by atoms with E-state index in [0.29, 0.717) is 13.1 Å². The number of carbonyl (C=O) groups excluding carboxylic acids is 2. The van der Waals surface area contributed by atoms with Gasteiger partial charge in [-0.3, -0.25) is 0 Å². The minimum atomic E-state index is -0.668. The second-order valence-electron chi connectivity index (χ2n) is 8.79. The first-order valence-corrected chi connectivity index (χ1v) is 14.4. The first-order valence-electron chi connectivity index (χ1n) is 12.9. The Morgan fingerprint density at radius 3 is 1.51 bits per heavy atom. The van der Waals surface area contributed by atoms with E-state index in [2.05, 4.69) is 26.0 Å². The van der Waals surface area contributed by atoms with E-state index in [4.69, 9.17) is 65.4 Å². The van der Waals surface area contributed by atoms with Crippen molar-refractivity contribution in [1.82, 2.24) is 0 Å². The number of hydrogen-bond acceptors (Lipinski definition) is 7. The normalized spacial score (nSPS) is 10.7. The van der Waals surface area contributed by atoms with Gasteiger partial charge in [0.2, 0.25) is 0 Å². The van der Waals surface area contributed by atoms with Gasteiger partial charge in [-0.1, -0.05) is 66.3 Å². The van der Waals surface area contributed by atoms with Gasteiger partial charge in [-0.2, -0.15) is 0 Å². The van der Waals surface area contributed by atoms with E-state index in [1.807, 2.05) is 11.0 Å². The Hall–Kier alpha value is -2.84. The van der Waals surface area contributed by atoms with E-state index in [-0.39, 0.29) is 55.9 Å². The molecule has 0 radical (unpaired) electrons. The molecule has 0 aliphatic heterocycles. The zero-order valence-electron chi connectivity index (χ0n) is 23.2. The van der Waals surface area contributed by atoms with E-state index < -0.39 is 11.9 Å². The van der Waals surface area contributed by atoms with Crippen LogP contribution in [0.2, 0.25) is 20.1 Å². The Kier molecular flexibility index (Phi) is 12.3. The van der Waals surface area contributed by atoms with Crippen LogP contribution in [0.1, 0.15) is 45.7 Å². The van der Waals surface area contributed by atoms with Crippen molar-refractivity contribution in [3.8, 4) is 11.5 Å². The number of ether oxygens (including phenoxy) is 4. The summed E-state index contributed by atoms with van der Waals surface area (Å²) in [5.41, 5.74) is 3.45. The monoisotopic (exact) mass is 641 g/mol. The molecule has 11 heteroatoms. The average molecular weight is 643 g/mol. The molecule has 0 bridgehead atoms. The van der Waals surface area contributed by atoms with Gasteiger partial charge in [0.15, 0.2) is 11.5 Å². The molecule has 0 unspecified atom stereocenters. The average Bonchev–Trinajstić information content (AvgIpc) is 2.97. The van der Waals surface area contributed by atoms with Gasteiger partial charge in [0.1, 0.15) is 24.3 Å². The van der Waals surface area contributed by atoms with Crippen molar-refractivity contribution < 1.29 is 28.5 Å². The lowest BCUT2D eigenvalue weighted by Gasteiger charge is -2.26. The molecule has 3 rings (SSSR count). The summed E-state index contributed by atoms with van der Waals surface area (Å²) < 4.78 is 21.6. The largest absolute Gasteiger partial charge is 0.494 e. The van der Waals surface area contributed by atoms with Crippen molar-refractivity contribution in [3.05, 3.63) is 84.8 Å². The molecule has 0 aliphatic rings. The highest BCUT2D eigenvalue weighted by Gasteiger charge is 2.23. The number of nitrogens with zero attached hydrogens (tertiary/aromatic N) is 1. The molecule has 41 heavy (non-hydrogen) atoms. The first kappa shape index (κ1) is 32.7. The molecule has 0 heterocycles. The number of hydrogen-bond donors (Lipinski definition) is 0. The number of methoxy groups -OCH3 is 2. The molecule has 0 N–H and O–H groups in total. The Bertz CT molecular complexity index is 1320. The van der Waals surface area contributed by atoms with Crippen LogP contribution in [0.15, 0.2) is 42.5 Å². The van der Waals surface area contributed by atoms with Crippen LogP contribution in [-0.2, 0) is 22.3 Å². The summed E-state index contributed by atoms with van der Waals surface area (Å²) in [5.74, 6) is -1.05. The summed E-state index contributed by atoms with van der Waals surface area (Å²) in [4.78, 5) is 27.8. The van der Waals surface area contributed by atoms with Gasteiger partial charge in [0.25, 0.3) is 0 Å². The zero-order valence-corrected chi connectivity index (χ0v) is 26.2. The molecule has 220 valence electrons. The molecule has 0 saturated carbocycles. The number of carbonyl (C=O) groups is 2. The van der Waals surface area contributed by atoms with Gasteiger partial charge in [-0.15, -0.1) is 0 Å². The third kappa shape index (κ3) is 7.92. The molecular weight excluding hydrogens is 612 g/mol. The minimum Gasteiger partial charge on any atom is -0.494 e. The number of halogens is 4. The highest BCUT2D eigenvalue weighted by molar-refractivity contribution is 6.37. The Morgan fingerprint density at radius 2 is 1.10 bits per heavy atom. The van der Waals surface area contributed by atoms with Crippen LogP contribution in [-0.4, -0.2) is 52.5 Å². The fourth-order valence-corrected chi connectivity index (χ4v) is 5.26. The summed E-state index contributed by atoms with van der Waals surface area (Å²) >= 11 is 24.8. The third-order valence-corrected chi connectivity index (χ3v) is 7.66. The Morgan fingerprint density at radius 1 is 0.659 bits per heavy atom. The van der Waals surface area contributed by atoms with Crippen molar-refractivity contribution in [2.45, 2.75) is 26.7 Å². The molecule has 3 aromatic carbocycles. The SMILES string of the molecule is CCc1ccc(N(CCOC(=O)c2c(Cl)ccc(Cl)c2OC)CCOC(=O)c2c(Cl)ccc(Cl)c2OC)cc1CC. The minimum absolute atomic E-state index is 0.0176.